The molecular formula is C20H27NO3S2. The minimum absolute atomic E-state index is 0.218. The van der Waals surface area contributed by atoms with Crippen molar-refractivity contribution in [3.8, 4) is 5.75 Å². The van der Waals surface area contributed by atoms with Gasteiger partial charge in [0.1, 0.15) is 5.75 Å². The Kier molecular flexibility index (Phi) is 8.00. The van der Waals surface area contributed by atoms with Gasteiger partial charge in [0.2, 0.25) is 10.0 Å². The number of benzene rings is 2. The van der Waals surface area contributed by atoms with Gasteiger partial charge in [0, 0.05) is 18.3 Å². The summed E-state index contributed by atoms with van der Waals surface area (Å²) in [6.45, 7) is 4.93. The van der Waals surface area contributed by atoms with Crippen LogP contribution in [0.15, 0.2) is 59.5 Å². The molecule has 0 bridgehead atoms. The molecule has 0 aliphatic heterocycles. The first-order valence-electron chi connectivity index (χ1n) is 8.88. The average Bonchev–Trinajstić information content (AvgIpc) is 2.67. The monoisotopic (exact) mass is 393 g/mol. The van der Waals surface area contributed by atoms with Crippen molar-refractivity contribution >= 4 is 22.7 Å². The number of sulfonamides is 1. The van der Waals surface area contributed by atoms with Crippen LogP contribution in [0.1, 0.15) is 32.3 Å². The lowest BCUT2D eigenvalue weighted by Crippen LogP contribution is -2.39. The third-order valence-corrected chi connectivity index (χ3v) is 6.64. The maximum absolute atomic E-state index is 13.2. The second-order valence-electron chi connectivity index (χ2n) is 6.24. The van der Waals surface area contributed by atoms with E-state index in [2.05, 4.69) is 19.6 Å². The SMILES string of the molecule is CCCCOc1ccc(S(=O)(=O)N(Cc2ccccc2)C(C)CS)cc1. The Hall–Kier alpha value is -1.50. The lowest BCUT2D eigenvalue weighted by atomic mass is 10.2. The van der Waals surface area contributed by atoms with Gasteiger partial charge in [-0.3, -0.25) is 0 Å². The second-order valence-corrected chi connectivity index (χ2v) is 8.50. The van der Waals surface area contributed by atoms with Crippen molar-refractivity contribution in [1.29, 1.82) is 0 Å². The summed E-state index contributed by atoms with van der Waals surface area (Å²) >= 11 is 4.30. The highest BCUT2D eigenvalue weighted by Gasteiger charge is 2.28. The molecule has 0 amide bonds. The molecule has 6 heteroatoms. The summed E-state index contributed by atoms with van der Waals surface area (Å²) in [6, 6.07) is 16.0. The van der Waals surface area contributed by atoms with Crippen molar-refractivity contribution in [2.45, 2.75) is 44.2 Å². The number of rotatable bonds is 10. The van der Waals surface area contributed by atoms with E-state index < -0.39 is 10.0 Å². The Labute approximate surface area is 162 Å². The van der Waals surface area contributed by atoms with Crippen LogP contribution in [0.4, 0.5) is 0 Å². The van der Waals surface area contributed by atoms with E-state index in [1.807, 2.05) is 37.3 Å². The first kappa shape index (κ1) is 20.8. The highest BCUT2D eigenvalue weighted by molar-refractivity contribution is 7.89. The highest BCUT2D eigenvalue weighted by Crippen LogP contribution is 2.24. The van der Waals surface area contributed by atoms with E-state index >= 15 is 0 Å². The van der Waals surface area contributed by atoms with E-state index in [-0.39, 0.29) is 10.9 Å². The van der Waals surface area contributed by atoms with Crippen molar-refractivity contribution in [1.82, 2.24) is 4.31 Å². The summed E-state index contributed by atoms with van der Waals surface area (Å²) in [5.74, 6) is 1.14. The lowest BCUT2D eigenvalue weighted by molar-refractivity contribution is 0.309. The molecule has 2 aromatic carbocycles. The molecule has 0 spiro atoms. The first-order valence-corrected chi connectivity index (χ1v) is 11.0. The zero-order chi connectivity index (χ0) is 19.0. The van der Waals surface area contributed by atoms with Crippen LogP contribution < -0.4 is 4.74 Å². The Balaban J connectivity index is 2.22. The minimum Gasteiger partial charge on any atom is -0.494 e. The molecule has 0 saturated carbocycles. The average molecular weight is 394 g/mol. The van der Waals surface area contributed by atoms with Crippen molar-refractivity contribution < 1.29 is 13.2 Å². The van der Waals surface area contributed by atoms with Gasteiger partial charge < -0.3 is 4.74 Å². The van der Waals surface area contributed by atoms with Gasteiger partial charge in [0.25, 0.3) is 0 Å². The Morgan fingerprint density at radius 2 is 1.73 bits per heavy atom. The molecule has 0 radical (unpaired) electrons. The van der Waals surface area contributed by atoms with Crippen LogP contribution in [0.2, 0.25) is 0 Å². The zero-order valence-corrected chi connectivity index (χ0v) is 17.0. The van der Waals surface area contributed by atoms with Crippen LogP contribution in [0.3, 0.4) is 0 Å². The van der Waals surface area contributed by atoms with Gasteiger partial charge in [-0.1, -0.05) is 43.7 Å². The quantitative estimate of drug-likeness (QED) is 0.481. The topological polar surface area (TPSA) is 46.6 Å². The van der Waals surface area contributed by atoms with Crippen LogP contribution >= 0.6 is 12.6 Å². The molecule has 1 unspecified atom stereocenters. The molecule has 0 aliphatic rings. The van der Waals surface area contributed by atoms with E-state index in [1.165, 1.54) is 4.31 Å². The molecule has 142 valence electrons. The van der Waals surface area contributed by atoms with E-state index in [9.17, 15) is 8.42 Å². The van der Waals surface area contributed by atoms with Crippen LogP contribution in [-0.4, -0.2) is 31.1 Å². The third-order valence-electron chi connectivity index (χ3n) is 4.13. The summed E-state index contributed by atoms with van der Waals surface area (Å²) < 4.78 is 33.4. The predicted octanol–water partition coefficient (Wildman–Crippen LogP) is 4.37. The van der Waals surface area contributed by atoms with Crippen molar-refractivity contribution in [2.75, 3.05) is 12.4 Å². The molecule has 0 aromatic heterocycles. The molecule has 26 heavy (non-hydrogen) atoms. The van der Waals surface area contributed by atoms with Gasteiger partial charge in [-0.15, -0.1) is 0 Å². The van der Waals surface area contributed by atoms with Crippen LogP contribution in [0.25, 0.3) is 0 Å². The van der Waals surface area contributed by atoms with Crippen molar-refractivity contribution in [3.63, 3.8) is 0 Å². The predicted molar refractivity (Wildman–Crippen MR) is 109 cm³/mol. The number of thiol groups is 1. The first-order chi connectivity index (χ1) is 12.5. The molecule has 4 nitrogen and oxygen atoms in total. The molecular weight excluding hydrogens is 366 g/mol. The van der Waals surface area contributed by atoms with E-state index in [1.54, 1.807) is 24.3 Å². The summed E-state index contributed by atoms with van der Waals surface area (Å²) in [4.78, 5) is 0.268. The zero-order valence-electron chi connectivity index (χ0n) is 15.3. The maximum Gasteiger partial charge on any atom is 0.243 e. The molecule has 0 aliphatic carbocycles. The minimum atomic E-state index is -3.62. The second kappa shape index (κ2) is 10.00. The van der Waals surface area contributed by atoms with E-state index in [0.29, 0.717) is 24.7 Å². The number of hydrogen-bond donors (Lipinski definition) is 1. The molecule has 0 saturated heterocycles. The molecule has 2 aromatic rings. The van der Waals surface area contributed by atoms with Gasteiger partial charge in [-0.05, 0) is 43.2 Å². The normalized spacial score (nSPS) is 12.9. The largest absolute Gasteiger partial charge is 0.494 e. The van der Waals surface area contributed by atoms with Crippen molar-refractivity contribution in [2.24, 2.45) is 0 Å². The van der Waals surface area contributed by atoms with E-state index in [4.69, 9.17) is 4.74 Å². The van der Waals surface area contributed by atoms with Crippen molar-refractivity contribution in [3.05, 3.63) is 60.2 Å². The Morgan fingerprint density at radius 3 is 2.31 bits per heavy atom. The fourth-order valence-electron chi connectivity index (χ4n) is 2.51. The highest BCUT2D eigenvalue weighted by atomic mass is 32.2. The fourth-order valence-corrected chi connectivity index (χ4v) is 4.44. The van der Waals surface area contributed by atoms with Crippen LogP contribution in [-0.2, 0) is 16.6 Å². The molecule has 0 fully saturated rings. The summed E-state index contributed by atoms with van der Waals surface area (Å²) in [5, 5.41) is 0. The third kappa shape index (κ3) is 5.50. The number of nitrogens with zero attached hydrogens (tertiary/aromatic N) is 1. The maximum atomic E-state index is 13.2. The number of hydrogen-bond acceptors (Lipinski definition) is 4. The number of ether oxygens (including phenoxy) is 1. The summed E-state index contributed by atoms with van der Waals surface area (Å²) in [5.41, 5.74) is 0.948. The Morgan fingerprint density at radius 1 is 1.08 bits per heavy atom. The molecule has 0 heterocycles. The van der Waals surface area contributed by atoms with Crippen LogP contribution in [0.5, 0.6) is 5.75 Å². The standard InChI is InChI=1S/C20H27NO3S2/c1-3-4-14-24-19-10-12-20(13-11-19)26(22,23)21(17(2)16-25)15-18-8-6-5-7-9-18/h5-13,17,25H,3-4,14-16H2,1-2H3. The smallest absolute Gasteiger partial charge is 0.243 e. The summed E-state index contributed by atoms with van der Waals surface area (Å²) in [6.07, 6.45) is 2.03. The van der Waals surface area contributed by atoms with Gasteiger partial charge in [0.15, 0.2) is 0 Å². The lowest BCUT2D eigenvalue weighted by Gasteiger charge is -2.27. The van der Waals surface area contributed by atoms with E-state index in [0.717, 1.165) is 18.4 Å². The van der Waals surface area contributed by atoms with Gasteiger partial charge in [-0.25, -0.2) is 8.42 Å². The number of unbranched alkanes of at least 4 members (excludes halogenated alkanes) is 1. The van der Waals surface area contributed by atoms with Gasteiger partial charge in [-0.2, -0.15) is 16.9 Å². The molecule has 0 N–H and O–H groups in total. The summed E-state index contributed by atoms with van der Waals surface area (Å²) in [7, 11) is -3.62. The van der Waals surface area contributed by atoms with Gasteiger partial charge in [0.05, 0.1) is 11.5 Å². The Bertz CT molecular complexity index is 761. The molecule has 2 rings (SSSR count). The fraction of sp³-hybridized carbons (Fsp3) is 0.400. The van der Waals surface area contributed by atoms with Gasteiger partial charge >= 0.3 is 0 Å². The van der Waals surface area contributed by atoms with Crippen LogP contribution in [0, 0.1) is 0 Å². The molecule has 1 atom stereocenters.